The zero-order chi connectivity index (χ0) is 27.7. The van der Waals surface area contributed by atoms with E-state index in [1.807, 2.05) is 48.7 Å². The lowest BCUT2D eigenvalue weighted by atomic mass is 10.0. The predicted molar refractivity (Wildman–Crippen MR) is 155 cm³/mol. The van der Waals surface area contributed by atoms with E-state index >= 15 is 0 Å². The molecular formula is C27H21Cl3N3O4S2+. The number of carboxylic acids is 1. The molecule has 3 aromatic rings. The average molecular weight is 622 g/mol. The highest BCUT2D eigenvalue weighted by molar-refractivity contribution is 8.00. The largest absolute Gasteiger partial charge is 0.477 e. The van der Waals surface area contributed by atoms with Crippen molar-refractivity contribution in [2.24, 2.45) is 0 Å². The molecule has 200 valence electrons. The second-order valence-electron chi connectivity index (χ2n) is 8.74. The van der Waals surface area contributed by atoms with Crippen molar-refractivity contribution in [3.05, 3.63) is 93.2 Å². The van der Waals surface area contributed by atoms with Gasteiger partial charge in [0.25, 0.3) is 5.91 Å². The van der Waals surface area contributed by atoms with Crippen LogP contribution in [0.15, 0.2) is 83.0 Å². The van der Waals surface area contributed by atoms with E-state index in [9.17, 15) is 19.5 Å². The second kappa shape index (κ2) is 11.8. The number of aromatic nitrogens is 1. The number of rotatable bonds is 8. The summed E-state index contributed by atoms with van der Waals surface area (Å²) >= 11 is 20.7. The number of halogens is 3. The number of amides is 2. The molecule has 2 N–H and O–H groups in total. The third-order valence-corrected chi connectivity index (χ3v) is 9.76. The summed E-state index contributed by atoms with van der Waals surface area (Å²) < 4.78 is 2.06. The summed E-state index contributed by atoms with van der Waals surface area (Å²) in [6.45, 7) is 0.541. The standard InChI is InChI=1S/C27H20Cl3N3O4S2/c28-17-11-19(30)21(12-18(17)29)38-14-22(34)31-23-25(35)33-24(27(36)37)16(13-39-26(23)33)7-4-10-32-9-3-6-15-5-1-2-8-20(15)32/h1-9,11-12,23,26H,10,13-14H2,(H-,31,34,36,37)/p+1/b7-4+/t23-,26-/m1/s1. The number of fused-ring (bicyclic) bond motifs is 2. The molecule has 0 unspecified atom stereocenters. The first-order valence-electron chi connectivity index (χ1n) is 11.8. The van der Waals surface area contributed by atoms with Gasteiger partial charge in [-0.05, 0) is 35.9 Å². The number of pyridine rings is 1. The van der Waals surface area contributed by atoms with Crippen LogP contribution in [0.2, 0.25) is 15.1 Å². The Kier molecular flexibility index (Phi) is 8.44. The Balaban J connectivity index is 1.24. The Morgan fingerprint density at radius 1 is 1.13 bits per heavy atom. The van der Waals surface area contributed by atoms with Gasteiger partial charge in [-0.1, -0.05) is 53.0 Å². The zero-order valence-electron chi connectivity index (χ0n) is 20.1. The van der Waals surface area contributed by atoms with Gasteiger partial charge in [0, 0.05) is 28.2 Å². The van der Waals surface area contributed by atoms with Crippen molar-refractivity contribution in [3.63, 3.8) is 0 Å². The Hall–Kier alpha value is -2.69. The Morgan fingerprint density at radius 3 is 2.67 bits per heavy atom. The highest BCUT2D eigenvalue weighted by atomic mass is 35.5. The van der Waals surface area contributed by atoms with Gasteiger partial charge in [-0.25, -0.2) is 4.79 Å². The SMILES string of the molecule is O=C(CSc1cc(Cl)c(Cl)cc1Cl)N[C@@H]1C(=O)N2C(C(=O)O)=C(/C=C/C[n+]3cccc4ccccc43)CS[C@H]12. The molecule has 2 aliphatic heterocycles. The third-order valence-electron chi connectivity index (χ3n) is 6.26. The summed E-state index contributed by atoms with van der Waals surface area (Å²) in [6.07, 6.45) is 5.61. The fraction of sp³-hybridized carbons (Fsp3) is 0.185. The van der Waals surface area contributed by atoms with Crippen molar-refractivity contribution >= 4 is 87.0 Å². The first-order valence-corrected chi connectivity index (χ1v) is 14.9. The van der Waals surface area contributed by atoms with Crippen LogP contribution >= 0.6 is 58.3 Å². The molecule has 5 rings (SSSR count). The molecule has 39 heavy (non-hydrogen) atoms. The number of para-hydroxylation sites is 1. The van der Waals surface area contributed by atoms with E-state index in [2.05, 4.69) is 9.88 Å². The molecule has 1 fully saturated rings. The molecule has 1 aromatic heterocycles. The van der Waals surface area contributed by atoms with Gasteiger partial charge in [0.2, 0.25) is 11.4 Å². The quantitative estimate of drug-likeness (QED) is 0.156. The summed E-state index contributed by atoms with van der Waals surface area (Å²) in [5.74, 6) is -1.61. The van der Waals surface area contributed by atoms with E-state index in [0.717, 1.165) is 10.9 Å². The van der Waals surface area contributed by atoms with Gasteiger partial charge < -0.3 is 10.4 Å². The van der Waals surface area contributed by atoms with Gasteiger partial charge in [-0.15, -0.1) is 23.5 Å². The van der Waals surface area contributed by atoms with Crippen molar-refractivity contribution in [2.75, 3.05) is 11.5 Å². The fourth-order valence-corrected chi connectivity index (χ4v) is 7.29. The van der Waals surface area contributed by atoms with Gasteiger partial charge in [0.1, 0.15) is 17.1 Å². The number of benzene rings is 2. The lowest BCUT2D eigenvalue weighted by Gasteiger charge is -2.49. The molecule has 2 amide bonds. The number of allylic oxidation sites excluding steroid dienone is 2. The smallest absolute Gasteiger partial charge is 0.352 e. The van der Waals surface area contributed by atoms with Gasteiger partial charge >= 0.3 is 5.97 Å². The lowest BCUT2D eigenvalue weighted by Crippen LogP contribution is -2.70. The summed E-state index contributed by atoms with van der Waals surface area (Å²) in [6, 6.07) is 14.3. The number of nitrogens with zero attached hydrogens (tertiary/aromatic N) is 2. The van der Waals surface area contributed by atoms with Gasteiger partial charge in [0.05, 0.1) is 20.8 Å². The summed E-state index contributed by atoms with van der Waals surface area (Å²) in [4.78, 5) is 39.6. The third kappa shape index (κ3) is 5.78. The highest BCUT2D eigenvalue weighted by Gasteiger charge is 2.53. The first kappa shape index (κ1) is 27.9. The minimum absolute atomic E-state index is 0.000295. The zero-order valence-corrected chi connectivity index (χ0v) is 24.0. The number of hydrogen-bond donors (Lipinski definition) is 2. The summed E-state index contributed by atoms with van der Waals surface area (Å²) in [7, 11) is 0. The maximum Gasteiger partial charge on any atom is 0.352 e. The number of aliphatic carboxylic acids is 1. The number of carboxylic acid groups (broad SMARTS) is 1. The van der Waals surface area contributed by atoms with Crippen LogP contribution < -0.4 is 9.88 Å². The summed E-state index contributed by atoms with van der Waals surface area (Å²) in [5.41, 5.74) is 1.56. The number of thioether (sulfide) groups is 2. The lowest BCUT2D eigenvalue weighted by molar-refractivity contribution is -0.661. The molecule has 0 bridgehead atoms. The van der Waals surface area contributed by atoms with E-state index in [1.54, 1.807) is 12.1 Å². The normalized spacial score (nSPS) is 18.8. The molecule has 0 spiro atoms. The number of hydrogen-bond acceptors (Lipinski definition) is 5. The van der Waals surface area contributed by atoms with Crippen molar-refractivity contribution in [1.29, 1.82) is 0 Å². The molecule has 2 atom stereocenters. The van der Waals surface area contributed by atoms with E-state index in [1.165, 1.54) is 34.5 Å². The van der Waals surface area contributed by atoms with Gasteiger partial charge in [-0.2, -0.15) is 4.57 Å². The molecule has 0 saturated carbocycles. The topological polar surface area (TPSA) is 90.6 Å². The number of carbonyl (C=O) groups is 3. The van der Waals surface area contributed by atoms with Crippen molar-refractivity contribution < 1.29 is 24.1 Å². The van der Waals surface area contributed by atoms with E-state index in [4.69, 9.17) is 34.8 Å². The molecule has 2 aliphatic rings. The van der Waals surface area contributed by atoms with Gasteiger partial charge in [-0.3, -0.25) is 14.5 Å². The molecule has 1 saturated heterocycles. The number of nitrogens with one attached hydrogen (secondary N) is 1. The predicted octanol–water partition coefficient (Wildman–Crippen LogP) is 5.17. The molecule has 7 nitrogen and oxygen atoms in total. The fourth-order valence-electron chi connectivity index (χ4n) is 4.43. The minimum Gasteiger partial charge on any atom is -0.477 e. The van der Waals surface area contributed by atoms with Crippen LogP contribution in [-0.4, -0.2) is 50.7 Å². The minimum atomic E-state index is -1.18. The molecular weight excluding hydrogens is 601 g/mol. The second-order valence-corrected chi connectivity index (χ2v) is 12.1. The van der Waals surface area contributed by atoms with Crippen LogP contribution in [0, 0.1) is 0 Å². The molecule has 0 aliphatic carbocycles. The van der Waals surface area contributed by atoms with Crippen LogP contribution in [-0.2, 0) is 20.9 Å². The van der Waals surface area contributed by atoms with E-state index in [0.29, 0.717) is 37.8 Å². The molecule has 12 heteroatoms. The van der Waals surface area contributed by atoms with Crippen molar-refractivity contribution in [1.82, 2.24) is 10.2 Å². The maximum atomic E-state index is 13.0. The maximum absolute atomic E-state index is 13.0. The highest BCUT2D eigenvalue weighted by Crippen LogP contribution is 2.41. The van der Waals surface area contributed by atoms with Crippen LogP contribution in [0.25, 0.3) is 10.9 Å². The van der Waals surface area contributed by atoms with E-state index in [-0.39, 0.29) is 17.4 Å². The molecule has 2 aromatic carbocycles. The first-order chi connectivity index (χ1) is 18.7. The molecule has 0 radical (unpaired) electrons. The van der Waals surface area contributed by atoms with Crippen LogP contribution in [0.3, 0.4) is 0 Å². The van der Waals surface area contributed by atoms with Crippen LogP contribution in [0.5, 0.6) is 0 Å². The molecule has 3 heterocycles. The Labute approximate surface area is 247 Å². The Morgan fingerprint density at radius 2 is 1.87 bits per heavy atom. The van der Waals surface area contributed by atoms with Crippen LogP contribution in [0.1, 0.15) is 0 Å². The average Bonchev–Trinajstić information content (AvgIpc) is 2.92. The van der Waals surface area contributed by atoms with E-state index < -0.39 is 23.3 Å². The van der Waals surface area contributed by atoms with Crippen LogP contribution in [0.4, 0.5) is 0 Å². The Bertz CT molecular complexity index is 1560. The van der Waals surface area contributed by atoms with Gasteiger partial charge in [0.15, 0.2) is 12.7 Å². The monoisotopic (exact) mass is 620 g/mol. The number of carbonyl (C=O) groups excluding carboxylic acids is 2. The summed E-state index contributed by atoms with van der Waals surface area (Å²) in [5, 5.41) is 14.3. The number of β-lactam (4-membered cyclic amide) rings is 1. The van der Waals surface area contributed by atoms with Crippen molar-refractivity contribution in [3.8, 4) is 0 Å². The van der Waals surface area contributed by atoms with Crippen molar-refractivity contribution in [2.45, 2.75) is 22.9 Å².